The summed E-state index contributed by atoms with van der Waals surface area (Å²) in [5, 5.41) is 9.24. The summed E-state index contributed by atoms with van der Waals surface area (Å²) in [5.41, 5.74) is 0.565. The van der Waals surface area contributed by atoms with E-state index in [1.165, 1.54) is 0 Å². The molecule has 1 aromatic carbocycles. The first-order valence-corrected chi connectivity index (χ1v) is 4.94. The van der Waals surface area contributed by atoms with Gasteiger partial charge in [0.25, 0.3) is 0 Å². The van der Waals surface area contributed by atoms with Crippen LogP contribution in [-0.4, -0.2) is 20.3 Å². The van der Waals surface area contributed by atoms with E-state index in [1.54, 1.807) is 7.11 Å². The van der Waals surface area contributed by atoms with Crippen molar-refractivity contribution in [2.75, 3.05) is 20.3 Å². The van der Waals surface area contributed by atoms with Crippen LogP contribution in [0, 0.1) is 11.3 Å². The van der Waals surface area contributed by atoms with E-state index >= 15 is 0 Å². The highest BCUT2D eigenvalue weighted by Gasteiger charge is 2.36. The first-order chi connectivity index (χ1) is 7.30. The first kappa shape index (κ1) is 10.0. The van der Waals surface area contributed by atoms with Crippen molar-refractivity contribution in [1.29, 1.82) is 5.26 Å². The van der Waals surface area contributed by atoms with Crippen LogP contribution in [0.1, 0.15) is 12.0 Å². The largest absolute Gasteiger partial charge is 0.497 e. The molecule has 1 aliphatic rings. The Morgan fingerprint density at radius 1 is 1.40 bits per heavy atom. The number of hydrogen-bond acceptors (Lipinski definition) is 3. The molecule has 0 amide bonds. The highest BCUT2D eigenvalue weighted by atomic mass is 16.5. The van der Waals surface area contributed by atoms with Gasteiger partial charge in [0, 0.05) is 6.61 Å². The molecule has 0 aromatic heterocycles. The predicted octanol–water partition coefficient (Wildman–Crippen LogP) is 1.88. The van der Waals surface area contributed by atoms with Gasteiger partial charge in [0.05, 0.1) is 19.8 Å². The Hall–Kier alpha value is -1.53. The summed E-state index contributed by atoms with van der Waals surface area (Å²) in [7, 11) is 1.63. The zero-order chi connectivity index (χ0) is 10.7. The lowest BCUT2D eigenvalue weighted by Crippen LogP contribution is -2.23. The number of nitriles is 1. The maximum Gasteiger partial charge on any atom is 0.118 e. The van der Waals surface area contributed by atoms with Crippen molar-refractivity contribution in [3.05, 3.63) is 29.8 Å². The van der Waals surface area contributed by atoms with Crippen molar-refractivity contribution >= 4 is 0 Å². The van der Waals surface area contributed by atoms with Crippen LogP contribution in [0.25, 0.3) is 0 Å². The third-order valence-corrected chi connectivity index (χ3v) is 2.88. The van der Waals surface area contributed by atoms with Crippen LogP contribution in [0.2, 0.25) is 0 Å². The van der Waals surface area contributed by atoms with Crippen LogP contribution in [-0.2, 0) is 10.2 Å². The number of hydrogen-bond donors (Lipinski definition) is 0. The van der Waals surface area contributed by atoms with Crippen molar-refractivity contribution in [2.45, 2.75) is 11.8 Å². The minimum atomic E-state index is -0.452. The molecule has 0 aliphatic carbocycles. The van der Waals surface area contributed by atoms with Gasteiger partial charge in [-0.15, -0.1) is 0 Å². The van der Waals surface area contributed by atoms with Crippen LogP contribution < -0.4 is 4.74 Å². The smallest absolute Gasteiger partial charge is 0.118 e. The summed E-state index contributed by atoms with van der Waals surface area (Å²) in [4.78, 5) is 0. The van der Waals surface area contributed by atoms with Crippen molar-refractivity contribution in [3.8, 4) is 11.8 Å². The van der Waals surface area contributed by atoms with E-state index in [2.05, 4.69) is 6.07 Å². The highest BCUT2D eigenvalue weighted by Crippen LogP contribution is 2.33. The number of methoxy groups -OCH3 is 1. The van der Waals surface area contributed by atoms with Gasteiger partial charge in [-0.05, 0) is 24.1 Å². The van der Waals surface area contributed by atoms with Crippen LogP contribution in [0.3, 0.4) is 0 Å². The lowest BCUT2D eigenvalue weighted by atomic mass is 9.81. The summed E-state index contributed by atoms with van der Waals surface area (Å²) >= 11 is 0. The monoisotopic (exact) mass is 203 g/mol. The molecule has 0 N–H and O–H groups in total. The van der Waals surface area contributed by atoms with Crippen LogP contribution in [0.4, 0.5) is 0 Å². The quantitative estimate of drug-likeness (QED) is 0.737. The molecule has 2 rings (SSSR count). The minimum Gasteiger partial charge on any atom is -0.497 e. The summed E-state index contributed by atoms with van der Waals surface area (Å²) in [6, 6.07) is 10.0. The molecule has 78 valence electrons. The molecule has 1 heterocycles. The molecule has 1 fully saturated rings. The Balaban J connectivity index is 2.32. The maximum atomic E-state index is 9.24. The van der Waals surface area contributed by atoms with Gasteiger partial charge in [0.1, 0.15) is 11.2 Å². The van der Waals surface area contributed by atoms with E-state index in [0.29, 0.717) is 13.2 Å². The Bertz CT molecular complexity index is 372. The molecule has 1 atom stereocenters. The van der Waals surface area contributed by atoms with Gasteiger partial charge in [-0.2, -0.15) is 5.26 Å². The zero-order valence-electron chi connectivity index (χ0n) is 8.69. The van der Waals surface area contributed by atoms with E-state index in [-0.39, 0.29) is 0 Å². The van der Waals surface area contributed by atoms with Crippen molar-refractivity contribution in [3.63, 3.8) is 0 Å². The Morgan fingerprint density at radius 3 is 2.60 bits per heavy atom. The topological polar surface area (TPSA) is 42.2 Å². The molecule has 15 heavy (non-hydrogen) atoms. The number of nitrogens with zero attached hydrogens (tertiary/aromatic N) is 1. The lowest BCUT2D eigenvalue weighted by Gasteiger charge is -2.18. The molecule has 0 bridgehead atoms. The predicted molar refractivity (Wildman–Crippen MR) is 55.7 cm³/mol. The Morgan fingerprint density at radius 2 is 2.13 bits per heavy atom. The fraction of sp³-hybridized carbons (Fsp3) is 0.417. The van der Waals surface area contributed by atoms with Gasteiger partial charge in [-0.25, -0.2) is 0 Å². The van der Waals surface area contributed by atoms with E-state index in [9.17, 15) is 5.26 Å². The molecule has 0 radical (unpaired) electrons. The fourth-order valence-corrected chi connectivity index (χ4v) is 1.86. The third-order valence-electron chi connectivity index (χ3n) is 2.88. The standard InChI is InChI=1S/C12H13NO2/c1-14-11-4-2-10(3-5-11)12(8-13)6-7-15-9-12/h2-5H,6-7,9H2,1H3/t12-/m1/s1. The van der Waals surface area contributed by atoms with Gasteiger partial charge in [-0.1, -0.05) is 12.1 Å². The Labute approximate surface area is 89.2 Å². The van der Waals surface area contributed by atoms with Crippen molar-refractivity contribution in [2.24, 2.45) is 0 Å². The third kappa shape index (κ3) is 1.69. The van der Waals surface area contributed by atoms with Gasteiger partial charge in [-0.3, -0.25) is 0 Å². The fourth-order valence-electron chi connectivity index (χ4n) is 1.86. The number of rotatable bonds is 2. The highest BCUT2D eigenvalue weighted by molar-refractivity contribution is 5.37. The normalized spacial score (nSPS) is 24.8. The molecule has 3 heteroatoms. The van der Waals surface area contributed by atoms with Gasteiger partial charge in [0.2, 0.25) is 0 Å². The summed E-state index contributed by atoms with van der Waals surface area (Å²) in [5.74, 6) is 0.811. The maximum absolute atomic E-state index is 9.24. The number of ether oxygens (including phenoxy) is 2. The molecular formula is C12H13NO2. The SMILES string of the molecule is COc1ccc([C@@]2(C#N)CCOC2)cc1. The summed E-state index contributed by atoms with van der Waals surface area (Å²) in [6.07, 6.45) is 0.774. The average molecular weight is 203 g/mol. The second-order valence-electron chi connectivity index (χ2n) is 3.72. The summed E-state index contributed by atoms with van der Waals surface area (Å²) in [6.45, 7) is 1.16. The molecule has 0 spiro atoms. The van der Waals surface area contributed by atoms with E-state index in [1.807, 2.05) is 24.3 Å². The Kier molecular flexibility index (Phi) is 2.61. The molecule has 3 nitrogen and oxygen atoms in total. The zero-order valence-corrected chi connectivity index (χ0v) is 8.69. The molecule has 1 aliphatic heterocycles. The molecule has 1 saturated heterocycles. The van der Waals surface area contributed by atoms with E-state index < -0.39 is 5.41 Å². The summed E-state index contributed by atoms with van der Waals surface area (Å²) < 4.78 is 10.4. The van der Waals surface area contributed by atoms with Crippen molar-refractivity contribution in [1.82, 2.24) is 0 Å². The first-order valence-electron chi connectivity index (χ1n) is 4.94. The molecule has 1 aromatic rings. The average Bonchev–Trinajstić information content (AvgIpc) is 2.79. The number of benzene rings is 1. The van der Waals surface area contributed by atoms with E-state index in [4.69, 9.17) is 9.47 Å². The van der Waals surface area contributed by atoms with E-state index in [0.717, 1.165) is 17.7 Å². The second kappa shape index (κ2) is 3.92. The van der Waals surface area contributed by atoms with Crippen LogP contribution in [0.5, 0.6) is 5.75 Å². The second-order valence-corrected chi connectivity index (χ2v) is 3.72. The van der Waals surface area contributed by atoms with Crippen molar-refractivity contribution < 1.29 is 9.47 Å². The van der Waals surface area contributed by atoms with Gasteiger partial charge < -0.3 is 9.47 Å². The molecular weight excluding hydrogens is 190 g/mol. The van der Waals surface area contributed by atoms with Crippen LogP contribution in [0.15, 0.2) is 24.3 Å². The van der Waals surface area contributed by atoms with Crippen LogP contribution >= 0.6 is 0 Å². The minimum absolute atomic E-state index is 0.452. The molecule has 0 saturated carbocycles. The molecule has 0 unspecified atom stereocenters. The van der Waals surface area contributed by atoms with Gasteiger partial charge >= 0.3 is 0 Å². The van der Waals surface area contributed by atoms with Gasteiger partial charge in [0.15, 0.2) is 0 Å². The lowest BCUT2D eigenvalue weighted by molar-refractivity contribution is 0.186.